The van der Waals surface area contributed by atoms with Crippen molar-refractivity contribution in [2.75, 3.05) is 31.4 Å². The van der Waals surface area contributed by atoms with Gasteiger partial charge in [0, 0.05) is 13.0 Å². The van der Waals surface area contributed by atoms with E-state index in [1.165, 1.54) is 46.5 Å². The summed E-state index contributed by atoms with van der Waals surface area (Å²) in [5.41, 5.74) is 1.59. The number of aromatic nitrogens is 1. The highest BCUT2D eigenvalue weighted by Gasteiger charge is 2.25. The number of carbonyl (C=O) groups is 1. The van der Waals surface area contributed by atoms with E-state index in [-0.39, 0.29) is 28.1 Å². The van der Waals surface area contributed by atoms with E-state index in [2.05, 4.69) is 15.2 Å². The molecule has 2 aromatic carbocycles. The van der Waals surface area contributed by atoms with Gasteiger partial charge in [-0.1, -0.05) is 11.2 Å². The maximum atomic E-state index is 13.3. The smallest absolute Gasteiger partial charge is 0.265 e. The van der Waals surface area contributed by atoms with E-state index in [1.54, 1.807) is 25.1 Å². The van der Waals surface area contributed by atoms with Gasteiger partial charge in [-0.05, 0) is 36.8 Å². The summed E-state index contributed by atoms with van der Waals surface area (Å²) in [5, 5.41) is 6.43. The zero-order valence-electron chi connectivity index (χ0n) is 18.2. The Morgan fingerprint density at radius 1 is 1.00 bits per heavy atom. The van der Waals surface area contributed by atoms with E-state index in [4.69, 9.17) is 18.7 Å². The molecule has 3 rings (SSSR count). The molecule has 0 aliphatic heterocycles. The Labute approximate surface area is 185 Å². The summed E-state index contributed by atoms with van der Waals surface area (Å²) in [5.74, 6) is 0.649. The number of nitrogens with zero attached hydrogens (tertiary/aromatic N) is 1. The van der Waals surface area contributed by atoms with Gasteiger partial charge in [0.05, 0.1) is 38.3 Å². The van der Waals surface area contributed by atoms with Gasteiger partial charge in [0.25, 0.3) is 10.0 Å². The monoisotopic (exact) mass is 461 g/mol. The summed E-state index contributed by atoms with van der Waals surface area (Å²) >= 11 is 0. The number of hydrogen-bond donors (Lipinski definition) is 2. The van der Waals surface area contributed by atoms with E-state index in [1.807, 2.05) is 0 Å². The van der Waals surface area contributed by atoms with Crippen molar-refractivity contribution in [2.45, 2.75) is 18.7 Å². The van der Waals surface area contributed by atoms with Gasteiger partial charge in [0.2, 0.25) is 11.8 Å². The Morgan fingerprint density at radius 2 is 1.69 bits per heavy atom. The molecule has 1 amide bonds. The molecular weight excluding hydrogens is 438 g/mol. The first-order chi connectivity index (χ1) is 15.2. The largest absolute Gasteiger partial charge is 0.497 e. The second-order valence-corrected chi connectivity index (χ2v) is 8.34. The van der Waals surface area contributed by atoms with Crippen molar-refractivity contribution in [2.24, 2.45) is 0 Å². The standard InChI is InChI=1S/C21H23N3O7S/c1-12-20(21(31-23-12)22-13(2)25)14-6-8-18(30-5)19(10-14)32(26,27)24-16-11-15(28-3)7-9-17(16)29-4/h6-11,24H,1-5H3,(H,22,25). The molecule has 3 aromatic rings. The molecule has 32 heavy (non-hydrogen) atoms. The van der Waals surface area contributed by atoms with Gasteiger partial charge in [-0.3, -0.25) is 14.8 Å². The first-order valence-electron chi connectivity index (χ1n) is 9.37. The molecule has 170 valence electrons. The van der Waals surface area contributed by atoms with Crippen molar-refractivity contribution in [3.05, 3.63) is 42.1 Å². The van der Waals surface area contributed by atoms with E-state index >= 15 is 0 Å². The van der Waals surface area contributed by atoms with Crippen LogP contribution in [-0.4, -0.2) is 40.8 Å². The lowest BCUT2D eigenvalue weighted by molar-refractivity contribution is -0.114. The number of benzene rings is 2. The minimum atomic E-state index is -4.12. The lowest BCUT2D eigenvalue weighted by Crippen LogP contribution is -2.15. The fourth-order valence-electron chi connectivity index (χ4n) is 3.09. The minimum Gasteiger partial charge on any atom is -0.497 e. The number of rotatable bonds is 8. The van der Waals surface area contributed by atoms with Crippen molar-refractivity contribution in [3.8, 4) is 28.4 Å². The van der Waals surface area contributed by atoms with Crippen LogP contribution in [0.4, 0.5) is 11.6 Å². The summed E-state index contributed by atoms with van der Waals surface area (Å²) in [6.45, 7) is 3.01. The predicted molar refractivity (Wildman–Crippen MR) is 118 cm³/mol. The van der Waals surface area contributed by atoms with Crippen LogP contribution in [0.5, 0.6) is 17.2 Å². The molecule has 2 N–H and O–H groups in total. The quantitative estimate of drug-likeness (QED) is 0.522. The Morgan fingerprint density at radius 3 is 2.31 bits per heavy atom. The van der Waals surface area contributed by atoms with Gasteiger partial charge in [-0.2, -0.15) is 0 Å². The average Bonchev–Trinajstić information content (AvgIpc) is 3.12. The number of nitrogens with one attached hydrogen (secondary N) is 2. The summed E-state index contributed by atoms with van der Waals surface area (Å²) in [4.78, 5) is 11.4. The van der Waals surface area contributed by atoms with Gasteiger partial charge in [-0.25, -0.2) is 8.42 Å². The van der Waals surface area contributed by atoms with Gasteiger partial charge in [-0.15, -0.1) is 0 Å². The molecule has 0 saturated heterocycles. The van der Waals surface area contributed by atoms with Crippen LogP contribution >= 0.6 is 0 Å². The second kappa shape index (κ2) is 9.18. The number of anilines is 2. The van der Waals surface area contributed by atoms with Crippen molar-refractivity contribution in [1.29, 1.82) is 0 Å². The zero-order chi connectivity index (χ0) is 23.5. The Bertz CT molecular complexity index is 1250. The van der Waals surface area contributed by atoms with Gasteiger partial charge in [0.15, 0.2) is 0 Å². The molecule has 11 heteroatoms. The summed E-state index contributed by atoms with van der Waals surface area (Å²) in [6, 6.07) is 9.32. The fourth-order valence-corrected chi connectivity index (χ4v) is 4.35. The number of methoxy groups -OCH3 is 3. The lowest BCUT2D eigenvalue weighted by Gasteiger charge is -2.16. The summed E-state index contributed by atoms with van der Waals surface area (Å²) in [6.07, 6.45) is 0. The average molecular weight is 461 g/mol. The van der Waals surface area contributed by atoms with Crippen molar-refractivity contribution < 1.29 is 31.9 Å². The third kappa shape index (κ3) is 4.62. The summed E-state index contributed by atoms with van der Waals surface area (Å²) in [7, 11) is 0.146. The highest BCUT2D eigenvalue weighted by Crippen LogP contribution is 2.37. The van der Waals surface area contributed by atoms with Crippen LogP contribution < -0.4 is 24.2 Å². The van der Waals surface area contributed by atoms with E-state index in [0.29, 0.717) is 28.3 Å². The molecule has 0 aliphatic carbocycles. The lowest BCUT2D eigenvalue weighted by atomic mass is 10.1. The normalized spacial score (nSPS) is 11.0. The number of aryl methyl sites for hydroxylation is 1. The maximum Gasteiger partial charge on any atom is 0.265 e. The first kappa shape index (κ1) is 22.9. The van der Waals surface area contributed by atoms with Crippen LogP contribution in [-0.2, 0) is 14.8 Å². The molecular formula is C21H23N3O7S. The number of hydrogen-bond acceptors (Lipinski definition) is 8. The highest BCUT2D eigenvalue weighted by molar-refractivity contribution is 7.92. The number of carbonyl (C=O) groups excluding carboxylic acids is 1. The molecule has 10 nitrogen and oxygen atoms in total. The number of amides is 1. The molecule has 0 spiro atoms. The van der Waals surface area contributed by atoms with Crippen LogP contribution in [0.15, 0.2) is 45.8 Å². The third-order valence-electron chi connectivity index (χ3n) is 4.55. The van der Waals surface area contributed by atoms with Crippen molar-refractivity contribution in [1.82, 2.24) is 5.16 Å². The van der Waals surface area contributed by atoms with Crippen molar-refractivity contribution >= 4 is 27.5 Å². The maximum absolute atomic E-state index is 13.3. The van der Waals surface area contributed by atoms with E-state index < -0.39 is 10.0 Å². The molecule has 0 unspecified atom stereocenters. The highest BCUT2D eigenvalue weighted by atomic mass is 32.2. The topological polar surface area (TPSA) is 129 Å². The molecule has 0 bridgehead atoms. The zero-order valence-corrected chi connectivity index (χ0v) is 19.0. The first-order valence-corrected chi connectivity index (χ1v) is 10.9. The van der Waals surface area contributed by atoms with Crippen LogP contribution in [0.3, 0.4) is 0 Å². The molecule has 0 radical (unpaired) electrons. The van der Waals surface area contributed by atoms with E-state index in [0.717, 1.165) is 0 Å². The van der Waals surface area contributed by atoms with Crippen LogP contribution in [0.1, 0.15) is 12.6 Å². The predicted octanol–water partition coefficient (Wildman–Crippen LogP) is 3.44. The van der Waals surface area contributed by atoms with E-state index in [9.17, 15) is 13.2 Å². The number of sulfonamides is 1. The van der Waals surface area contributed by atoms with Gasteiger partial charge < -0.3 is 18.7 Å². The SMILES string of the molecule is COc1ccc(OC)c(NS(=O)(=O)c2cc(-c3c(C)noc3NC(C)=O)ccc2OC)c1. The minimum absolute atomic E-state index is 0.117. The molecule has 1 aromatic heterocycles. The van der Waals surface area contributed by atoms with Crippen LogP contribution in [0.2, 0.25) is 0 Å². The molecule has 0 aliphatic rings. The van der Waals surface area contributed by atoms with Gasteiger partial charge in [0.1, 0.15) is 22.1 Å². The fraction of sp³-hybridized carbons (Fsp3) is 0.238. The molecule has 0 atom stereocenters. The Hall–Kier alpha value is -3.73. The molecule has 0 saturated carbocycles. The third-order valence-corrected chi connectivity index (χ3v) is 5.93. The summed E-state index contributed by atoms with van der Waals surface area (Å²) < 4.78 is 50.1. The van der Waals surface area contributed by atoms with Crippen LogP contribution in [0.25, 0.3) is 11.1 Å². The Balaban J connectivity index is 2.10. The molecule has 0 fully saturated rings. The van der Waals surface area contributed by atoms with Gasteiger partial charge >= 0.3 is 0 Å². The Kier molecular flexibility index (Phi) is 6.58. The molecule has 1 heterocycles. The van der Waals surface area contributed by atoms with Crippen LogP contribution in [0, 0.1) is 6.92 Å². The van der Waals surface area contributed by atoms with Crippen molar-refractivity contribution in [3.63, 3.8) is 0 Å². The number of ether oxygens (including phenoxy) is 3. The second-order valence-electron chi connectivity index (χ2n) is 6.69.